The van der Waals surface area contributed by atoms with Gasteiger partial charge in [0, 0.05) is 38.2 Å². The molecule has 0 aliphatic heterocycles. The summed E-state index contributed by atoms with van der Waals surface area (Å²) in [7, 11) is -2.07. The van der Waals surface area contributed by atoms with E-state index in [9.17, 15) is 30.8 Å². The van der Waals surface area contributed by atoms with Gasteiger partial charge in [-0.2, -0.15) is 17.9 Å². The van der Waals surface area contributed by atoms with Crippen LogP contribution >= 0.6 is 0 Å². The second kappa shape index (κ2) is 7.75. The normalized spacial score (nSPS) is 13.2. The van der Waals surface area contributed by atoms with Gasteiger partial charge in [0.1, 0.15) is 22.4 Å². The van der Waals surface area contributed by atoms with E-state index < -0.39 is 44.6 Å². The Balaban J connectivity index is 2.33. The van der Waals surface area contributed by atoms with Crippen LogP contribution in [0, 0.1) is 5.82 Å². The lowest BCUT2D eigenvalue weighted by Gasteiger charge is -2.16. The Labute approximate surface area is 158 Å². The summed E-state index contributed by atoms with van der Waals surface area (Å²) in [6.07, 6.45) is -2.76. The first-order valence-electron chi connectivity index (χ1n) is 7.76. The summed E-state index contributed by atoms with van der Waals surface area (Å²) >= 11 is 0. The van der Waals surface area contributed by atoms with Gasteiger partial charge in [-0.1, -0.05) is 0 Å². The van der Waals surface area contributed by atoms with Gasteiger partial charge < -0.3 is 15.2 Å². The van der Waals surface area contributed by atoms with Crippen molar-refractivity contribution in [2.24, 2.45) is 7.05 Å². The maximum atomic E-state index is 14.6. The maximum Gasteiger partial charge on any atom is 0.404 e. The summed E-state index contributed by atoms with van der Waals surface area (Å²) in [6.45, 7) is 0.578. The first-order valence-corrected chi connectivity index (χ1v) is 9.24. The predicted molar refractivity (Wildman–Crippen MR) is 92.9 cm³/mol. The largest absolute Gasteiger partial charge is 0.404 e. The molecule has 0 fully saturated rings. The van der Waals surface area contributed by atoms with Crippen LogP contribution in [0.4, 0.5) is 29.1 Å². The zero-order chi connectivity index (χ0) is 21.3. The smallest absolute Gasteiger partial charge is 0.373 e. The van der Waals surface area contributed by atoms with Gasteiger partial charge in [0.15, 0.2) is 5.82 Å². The van der Waals surface area contributed by atoms with Crippen molar-refractivity contribution in [2.45, 2.75) is 24.0 Å². The van der Waals surface area contributed by atoms with Crippen LogP contribution in [0.3, 0.4) is 0 Å². The SMILES string of the molecule is CNc1cc(NC(=O)c2c(F)c(S(=O)(=O)N[C@H](C)C(F)(F)F)cn2C)ccn1. The lowest BCUT2D eigenvalue weighted by molar-refractivity contribution is -0.147. The van der Waals surface area contributed by atoms with Crippen molar-refractivity contribution in [1.82, 2.24) is 14.3 Å². The van der Waals surface area contributed by atoms with E-state index in [1.807, 2.05) is 0 Å². The first kappa shape index (κ1) is 21.6. The molecule has 0 bridgehead atoms. The van der Waals surface area contributed by atoms with Crippen molar-refractivity contribution in [3.05, 3.63) is 36.0 Å². The number of halogens is 4. The minimum atomic E-state index is -4.86. The Hall–Kier alpha value is -2.67. The molecule has 0 aromatic carbocycles. The van der Waals surface area contributed by atoms with E-state index in [4.69, 9.17) is 0 Å². The van der Waals surface area contributed by atoms with Crippen LogP contribution in [-0.2, 0) is 17.1 Å². The molecule has 0 unspecified atom stereocenters. The van der Waals surface area contributed by atoms with Gasteiger partial charge in [0.25, 0.3) is 5.91 Å². The number of amides is 1. The molecule has 3 N–H and O–H groups in total. The van der Waals surface area contributed by atoms with E-state index in [0.29, 0.717) is 12.7 Å². The van der Waals surface area contributed by atoms with Gasteiger partial charge in [-0.05, 0) is 13.0 Å². The molecule has 13 heteroatoms. The third-order valence-corrected chi connectivity index (χ3v) is 5.22. The van der Waals surface area contributed by atoms with Gasteiger partial charge in [-0.25, -0.2) is 17.8 Å². The minimum absolute atomic E-state index is 0.248. The second-order valence-corrected chi connectivity index (χ2v) is 7.47. The van der Waals surface area contributed by atoms with Crippen LogP contribution in [0.5, 0.6) is 0 Å². The lowest BCUT2D eigenvalue weighted by atomic mass is 10.3. The molecule has 0 radical (unpaired) electrons. The number of hydrogen-bond acceptors (Lipinski definition) is 5. The summed E-state index contributed by atoms with van der Waals surface area (Å²) < 4.78 is 78.9. The predicted octanol–water partition coefficient (Wildman–Crippen LogP) is 2.08. The van der Waals surface area contributed by atoms with E-state index in [0.717, 1.165) is 10.8 Å². The van der Waals surface area contributed by atoms with E-state index in [1.165, 1.54) is 30.1 Å². The molecule has 8 nitrogen and oxygen atoms in total. The summed E-state index contributed by atoms with van der Waals surface area (Å²) in [5.74, 6) is -2.04. The van der Waals surface area contributed by atoms with Crippen molar-refractivity contribution in [3.63, 3.8) is 0 Å². The molecule has 0 saturated heterocycles. The fourth-order valence-electron chi connectivity index (χ4n) is 2.21. The van der Waals surface area contributed by atoms with Crippen molar-refractivity contribution in [2.75, 3.05) is 17.7 Å². The summed E-state index contributed by atoms with van der Waals surface area (Å²) in [5, 5.41) is 5.11. The van der Waals surface area contributed by atoms with Gasteiger partial charge in [-0.15, -0.1) is 0 Å². The number of rotatable bonds is 6. The molecule has 154 valence electrons. The Morgan fingerprint density at radius 3 is 2.54 bits per heavy atom. The molecule has 28 heavy (non-hydrogen) atoms. The van der Waals surface area contributed by atoms with Gasteiger partial charge in [0.2, 0.25) is 10.0 Å². The molecule has 2 rings (SSSR count). The van der Waals surface area contributed by atoms with Crippen LogP contribution < -0.4 is 15.4 Å². The highest BCUT2D eigenvalue weighted by atomic mass is 32.2. The van der Waals surface area contributed by atoms with Crippen LogP contribution in [-0.4, -0.2) is 43.1 Å². The van der Waals surface area contributed by atoms with Gasteiger partial charge in [-0.3, -0.25) is 4.79 Å². The molecule has 1 amide bonds. The molecule has 0 aliphatic carbocycles. The molecule has 0 spiro atoms. The van der Waals surface area contributed by atoms with E-state index >= 15 is 0 Å². The topological polar surface area (TPSA) is 105 Å². The monoisotopic (exact) mass is 423 g/mol. The van der Waals surface area contributed by atoms with Crippen LogP contribution in [0.15, 0.2) is 29.4 Å². The Bertz CT molecular complexity index is 988. The lowest BCUT2D eigenvalue weighted by Crippen LogP contribution is -2.43. The second-order valence-electron chi connectivity index (χ2n) is 5.79. The molecule has 2 aromatic heterocycles. The number of aryl methyl sites for hydroxylation is 1. The number of pyridine rings is 1. The van der Waals surface area contributed by atoms with Crippen LogP contribution in [0.2, 0.25) is 0 Å². The number of alkyl halides is 3. The average molecular weight is 423 g/mol. The van der Waals surface area contributed by atoms with Crippen molar-refractivity contribution >= 4 is 27.4 Å². The van der Waals surface area contributed by atoms with E-state index in [2.05, 4.69) is 15.6 Å². The first-order chi connectivity index (χ1) is 12.9. The number of anilines is 2. The fraction of sp³-hybridized carbons (Fsp3) is 0.333. The number of nitrogens with zero attached hydrogens (tertiary/aromatic N) is 2. The minimum Gasteiger partial charge on any atom is -0.373 e. The van der Waals surface area contributed by atoms with Crippen LogP contribution in [0.25, 0.3) is 0 Å². The number of carbonyl (C=O) groups is 1. The summed E-state index contributed by atoms with van der Waals surface area (Å²) in [4.78, 5) is 15.2. The van der Waals surface area contributed by atoms with Gasteiger partial charge in [0.05, 0.1) is 0 Å². The molecule has 2 aromatic rings. The molecule has 0 saturated carbocycles. The quantitative estimate of drug-likeness (QED) is 0.617. The summed E-state index contributed by atoms with van der Waals surface area (Å²) in [6, 6.07) is 0.429. The Morgan fingerprint density at radius 1 is 1.32 bits per heavy atom. The molecule has 2 heterocycles. The molecular weight excluding hydrogens is 406 g/mol. The van der Waals surface area contributed by atoms with Crippen molar-refractivity contribution in [3.8, 4) is 0 Å². The highest BCUT2D eigenvalue weighted by Crippen LogP contribution is 2.25. The van der Waals surface area contributed by atoms with Crippen molar-refractivity contribution < 1.29 is 30.8 Å². The third kappa shape index (κ3) is 4.59. The number of sulfonamides is 1. The third-order valence-electron chi connectivity index (χ3n) is 3.69. The highest BCUT2D eigenvalue weighted by Gasteiger charge is 2.40. The number of carbonyl (C=O) groups excluding carboxylic acids is 1. The molecule has 0 aliphatic rings. The van der Waals surface area contributed by atoms with Crippen LogP contribution in [0.1, 0.15) is 17.4 Å². The van der Waals surface area contributed by atoms with Gasteiger partial charge >= 0.3 is 6.18 Å². The Morgan fingerprint density at radius 2 is 1.96 bits per heavy atom. The average Bonchev–Trinajstić information content (AvgIpc) is 2.89. The number of hydrogen-bond donors (Lipinski definition) is 3. The number of aromatic nitrogens is 2. The zero-order valence-corrected chi connectivity index (χ0v) is 15.7. The highest BCUT2D eigenvalue weighted by molar-refractivity contribution is 7.89. The summed E-state index contributed by atoms with van der Waals surface area (Å²) in [5.41, 5.74) is -0.416. The molecule has 1 atom stereocenters. The maximum absolute atomic E-state index is 14.6. The van der Waals surface area contributed by atoms with E-state index in [-0.39, 0.29) is 5.69 Å². The van der Waals surface area contributed by atoms with Crippen molar-refractivity contribution in [1.29, 1.82) is 0 Å². The standard InChI is InChI=1S/C15H17F4N5O3S/c1-8(15(17,18)19)23-28(26,27)10-7-24(3)13(12(10)16)14(25)22-9-4-5-21-11(6-9)20-2/h4-8,23H,1-3H3,(H2,20,21,22,25)/t8-/m1/s1. The van der Waals surface area contributed by atoms with E-state index in [1.54, 1.807) is 7.05 Å². The molecular formula is C15H17F4N5O3S. The Kier molecular flexibility index (Phi) is 5.99. The number of nitrogens with one attached hydrogen (secondary N) is 3. The fourth-order valence-corrected chi connectivity index (χ4v) is 3.57. The zero-order valence-electron chi connectivity index (χ0n) is 14.9.